The summed E-state index contributed by atoms with van der Waals surface area (Å²) in [7, 11) is 0. The first-order valence-corrected chi connectivity index (χ1v) is 11.2. The van der Waals surface area contributed by atoms with Gasteiger partial charge in [0.15, 0.2) is 5.65 Å². The van der Waals surface area contributed by atoms with Crippen LogP contribution >= 0.6 is 11.6 Å². The minimum atomic E-state index is -0.498. The number of hydrogen-bond donors (Lipinski definition) is 2. The summed E-state index contributed by atoms with van der Waals surface area (Å²) in [5, 5.41) is 23.0. The van der Waals surface area contributed by atoms with E-state index in [1.807, 2.05) is 0 Å². The van der Waals surface area contributed by atoms with Crippen molar-refractivity contribution in [3.63, 3.8) is 0 Å². The molecule has 5 rings (SSSR count). The fraction of sp³-hybridized carbons (Fsp3) is 0.0417. The van der Waals surface area contributed by atoms with E-state index < -0.39 is 16.4 Å². The average molecular weight is 517 g/mol. The van der Waals surface area contributed by atoms with E-state index in [0.29, 0.717) is 27.6 Å². The molecule has 0 aliphatic carbocycles. The number of anilines is 1. The molecule has 2 aromatic carbocycles. The van der Waals surface area contributed by atoms with Crippen molar-refractivity contribution in [2.75, 3.05) is 5.32 Å². The Morgan fingerprint density at radius 3 is 2.57 bits per heavy atom. The van der Waals surface area contributed by atoms with Crippen LogP contribution in [0.3, 0.4) is 0 Å². The highest BCUT2D eigenvalue weighted by Gasteiger charge is 2.16. The number of fused-ring (bicyclic) bond motifs is 1. The predicted octanol–water partition coefficient (Wildman–Crippen LogP) is 3.82. The number of non-ortho nitro benzene ring substituents is 1. The van der Waals surface area contributed by atoms with E-state index in [1.54, 1.807) is 37.3 Å². The minimum absolute atomic E-state index is 0.0446. The molecule has 2 N–H and O–H groups in total. The smallest absolute Gasteiger partial charge is 0.269 e. The topological polar surface area (TPSA) is 154 Å². The predicted molar refractivity (Wildman–Crippen MR) is 137 cm³/mol. The first-order valence-electron chi connectivity index (χ1n) is 10.8. The van der Waals surface area contributed by atoms with Gasteiger partial charge < -0.3 is 5.32 Å². The molecule has 5 aromatic rings. The molecular weight excluding hydrogens is 500 g/mol. The number of aromatic nitrogens is 6. The number of rotatable bonds is 6. The second kappa shape index (κ2) is 9.51. The van der Waals surface area contributed by atoms with Gasteiger partial charge in [0.1, 0.15) is 11.2 Å². The molecule has 3 heterocycles. The van der Waals surface area contributed by atoms with Crippen molar-refractivity contribution in [3.05, 3.63) is 104 Å². The van der Waals surface area contributed by atoms with Gasteiger partial charge in [-0.3, -0.25) is 24.7 Å². The van der Waals surface area contributed by atoms with E-state index in [4.69, 9.17) is 11.6 Å². The van der Waals surface area contributed by atoms with Crippen LogP contribution in [0.15, 0.2) is 71.7 Å². The molecule has 184 valence electrons. The van der Waals surface area contributed by atoms with Gasteiger partial charge in [-0.2, -0.15) is 19.9 Å². The number of carbonyl (C=O) groups excluding carboxylic acids is 1. The Bertz CT molecular complexity index is 1730. The van der Waals surface area contributed by atoms with Crippen LogP contribution in [0, 0.1) is 17.0 Å². The molecule has 0 aliphatic rings. The van der Waals surface area contributed by atoms with Crippen molar-refractivity contribution in [2.45, 2.75) is 6.92 Å². The third-order valence-corrected chi connectivity index (χ3v) is 5.56. The SMILES string of the molecule is Cc1cc(NC(=O)/C=C\c2ccc([N+](=O)[O-])cc2)n(-c2nc3c(cnn3-c3ccc(Cl)cc3)c(=O)[nH]2)n1. The molecule has 0 aliphatic heterocycles. The van der Waals surface area contributed by atoms with Gasteiger partial charge in [0.25, 0.3) is 11.2 Å². The minimum Gasteiger partial charge on any atom is -0.307 e. The van der Waals surface area contributed by atoms with Gasteiger partial charge in [-0.1, -0.05) is 11.6 Å². The molecule has 0 saturated carbocycles. The molecule has 0 fully saturated rings. The van der Waals surface area contributed by atoms with Crippen LogP contribution in [0.4, 0.5) is 11.5 Å². The van der Waals surface area contributed by atoms with E-state index >= 15 is 0 Å². The van der Waals surface area contributed by atoms with Crippen molar-refractivity contribution < 1.29 is 9.72 Å². The van der Waals surface area contributed by atoms with Gasteiger partial charge in [-0.25, -0.2) is 4.68 Å². The molecule has 1 amide bonds. The number of amides is 1. The van der Waals surface area contributed by atoms with E-state index in [-0.39, 0.29) is 22.8 Å². The Balaban J connectivity index is 1.45. The van der Waals surface area contributed by atoms with Crippen LogP contribution < -0.4 is 10.9 Å². The van der Waals surface area contributed by atoms with E-state index in [1.165, 1.54) is 52.0 Å². The van der Waals surface area contributed by atoms with Gasteiger partial charge in [0.2, 0.25) is 11.9 Å². The number of H-pyrrole nitrogens is 1. The van der Waals surface area contributed by atoms with Crippen molar-refractivity contribution >= 4 is 46.1 Å². The van der Waals surface area contributed by atoms with Crippen molar-refractivity contribution in [3.8, 4) is 11.6 Å². The molecule has 37 heavy (non-hydrogen) atoms. The van der Waals surface area contributed by atoms with Gasteiger partial charge in [0, 0.05) is 29.3 Å². The van der Waals surface area contributed by atoms with Gasteiger partial charge in [-0.15, -0.1) is 0 Å². The van der Waals surface area contributed by atoms with Crippen molar-refractivity contribution in [1.29, 1.82) is 0 Å². The number of halogens is 1. The molecule has 0 saturated heterocycles. The van der Waals surface area contributed by atoms with Crippen LogP contribution in [0.5, 0.6) is 0 Å². The fourth-order valence-corrected chi connectivity index (χ4v) is 3.70. The van der Waals surface area contributed by atoms with Crippen LogP contribution in [-0.4, -0.2) is 40.4 Å². The molecule has 3 aromatic heterocycles. The molecule has 12 nitrogen and oxygen atoms in total. The number of nitrogens with one attached hydrogen (secondary N) is 2. The van der Waals surface area contributed by atoms with E-state index in [2.05, 4.69) is 25.5 Å². The normalized spacial score (nSPS) is 11.3. The number of benzene rings is 2. The average Bonchev–Trinajstić information content (AvgIpc) is 3.47. The second-order valence-corrected chi connectivity index (χ2v) is 8.35. The highest BCUT2D eigenvalue weighted by Crippen LogP contribution is 2.19. The summed E-state index contributed by atoms with van der Waals surface area (Å²) in [6.07, 6.45) is 4.21. The Morgan fingerprint density at radius 2 is 1.86 bits per heavy atom. The zero-order chi connectivity index (χ0) is 26.1. The van der Waals surface area contributed by atoms with Gasteiger partial charge >= 0.3 is 0 Å². The Labute approximate surface area is 213 Å². The lowest BCUT2D eigenvalue weighted by Gasteiger charge is -2.08. The zero-order valence-electron chi connectivity index (χ0n) is 19.1. The highest BCUT2D eigenvalue weighted by atomic mass is 35.5. The summed E-state index contributed by atoms with van der Waals surface area (Å²) in [6.45, 7) is 1.73. The third kappa shape index (κ3) is 4.86. The van der Waals surface area contributed by atoms with E-state index in [9.17, 15) is 19.7 Å². The summed E-state index contributed by atoms with van der Waals surface area (Å²) in [4.78, 5) is 42.9. The fourth-order valence-electron chi connectivity index (χ4n) is 3.58. The van der Waals surface area contributed by atoms with Gasteiger partial charge in [0.05, 0.1) is 22.5 Å². The number of nitrogens with zero attached hydrogens (tertiary/aromatic N) is 6. The summed E-state index contributed by atoms with van der Waals surface area (Å²) in [6, 6.07) is 14.3. The highest BCUT2D eigenvalue weighted by molar-refractivity contribution is 6.30. The summed E-state index contributed by atoms with van der Waals surface area (Å²) in [5.41, 5.74) is 1.66. The molecule has 0 radical (unpaired) electrons. The number of hydrogen-bond acceptors (Lipinski definition) is 7. The maximum Gasteiger partial charge on any atom is 0.269 e. The van der Waals surface area contributed by atoms with Crippen LogP contribution in [-0.2, 0) is 4.79 Å². The maximum atomic E-state index is 12.8. The molecule has 0 unspecified atom stereocenters. The Hall–Kier alpha value is -5.10. The second-order valence-electron chi connectivity index (χ2n) is 7.91. The first kappa shape index (κ1) is 23.6. The number of aromatic amines is 1. The van der Waals surface area contributed by atoms with Crippen LogP contribution in [0.1, 0.15) is 11.3 Å². The summed E-state index contributed by atoms with van der Waals surface area (Å²) in [5.74, 6) is -0.124. The summed E-state index contributed by atoms with van der Waals surface area (Å²) < 4.78 is 2.82. The molecular formula is C24H17ClN8O4. The maximum absolute atomic E-state index is 12.8. The summed E-state index contributed by atoms with van der Waals surface area (Å²) >= 11 is 5.98. The van der Waals surface area contributed by atoms with Crippen molar-refractivity contribution in [1.82, 2.24) is 29.5 Å². The lowest BCUT2D eigenvalue weighted by molar-refractivity contribution is -0.384. The quantitative estimate of drug-likeness (QED) is 0.197. The molecule has 13 heteroatoms. The van der Waals surface area contributed by atoms with Crippen LogP contribution in [0.25, 0.3) is 28.7 Å². The largest absolute Gasteiger partial charge is 0.307 e. The van der Waals surface area contributed by atoms with Gasteiger partial charge in [-0.05, 0) is 55.0 Å². The van der Waals surface area contributed by atoms with Crippen molar-refractivity contribution in [2.24, 2.45) is 0 Å². The molecule has 0 spiro atoms. The number of nitro benzene ring substituents is 1. The molecule has 0 bridgehead atoms. The monoisotopic (exact) mass is 516 g/mol. The Kier molecular flexibility index (Phi) is 6.07. The number of aryl methyl sites for hydroxylation is 1. The number of carbonyl (C=O) groups is 1. The standard InChI is InChI=1S/C24H17ClN8O4/c1-14-12-20(27-21(34)11-4-15-2-7-18(8-3-15)33(36)37)32(30-14)24-28-22-19(23(35)29-24)13-26-31(22)17-9-5-16(25)6-10-17/h2-13H,1H3,(H,27,34)(H,28,29,35)/b11-4-. The third-order valence-electron chi connectivity index (χ3n) is 5.31. The lowest BCUT2D eigenvalue weighted by atomic mass is 10.2. The first-order chi connectivity index (χ1) is 17.8. The lowest BCUT2D eigenvalue weighted by Crippen LogP contribution is -2.18. The number of nitro groups is 1. The van der Waals surface area contributed by atoms with Crippen LogP contribution in [0.2, 0.25) is 5.02 Å². The van der Waals surface area contributed by atoms with E-state index in [0.717, 1.165) is 0 Å². The zero-order valence-corrected chi connectivity index (χ0v) is 19.9. The Morgan fingerprint density at radius 1 is 1.14 bits per heavy atom. The molecule has 0 atom stereocenters.